The minimum absolute atomic E-state index is 0.0387. The van der Waals surface area contributed by atoms with Gasteiger partial charge in [-0.25, -0.2) is 0 Å². The average Bonchev–Trinajstić information content (AvgIpc) is 3.27. The fraction of sp³-hybridized carbons (Fsp3) is 0.867. The van der Waals surface area contributed by atoms with E-state index in [1.54, 1.807) is 4.90 Å². The molecular weight excluding hydrogens is 500 g/mol. The fourth-order valence-electron chi connectivity index (χ4n) is 4.87. The van der Waals surface area contributed by atoms with Gasteiger partial charge in [0, 0.05) is 13.5 Å². The van der Waals surface area contributed by atoms with Crippen LogP contribution in [0, 0.1) is 5.92 Å². The highest BCUT2D eigenvalue weighted by Gasteiger charge is 2.32. The topological polar surface area (TPSA) is 102 Å². The Hall–Kier alpha value is -2.16. The Kier molecular flexibility index (Phi) is 19.3. The molecule has 0 aromatic carbocycles. The fourth-order valence-corrected chi connectivity index (χ4v) is 4.87. The smallest absolute Gasteiger partial charge is 0.320 e. The predicted octanol–water partition coefficient (Wildman–Crippen LogP) is 4.90. The second kappa shape index (κ2) is 21.6. The summed E-state index contributed by atoms with van der Waals surface area (Å²) in [6.45, 7) is 8.69. The van der Waals surface area contributed by atoms with Crippen LogP contribution in [0.3, 0.4) is 0 Å². The molecule has 9 nitrogen and oxygen atoms in total. The quantitative estimate of drug-likeness (QED) is 0.106. The lowest BCUT2D eigenvalue weighted by Gasteiger charge is -2.24. The summed E-state index contributed by atoms with van der Waals surface area (Å²) in [5.74, 6) is -1.20. The van der Waals surface area contributed by atoms with Crippen molar-refractivity contribution in [3.05, 3.63) is 0 Å². The van der Waals surface area contributed by atoms with Gasteiger partial charge in [0.05, 0.1) is 38.9 Å². The molecule has 9 heteroatoms. The molecule has 1 heterocycles. The van der Waals surface area contributed by atoms with Crippen molar-refractivity contribution in [1.29, 1.82) is 0 Å². The third kappa shape index (κ3) is 17.2. The highest BCUT2D eigenvalue weighted by molar-refractivity contribution is 5.78. The van der Waals surface area contributed by atoms with E-state index in [4.69, 9.17) is 14.2 Å². The monoisotopic (exact) mass is 554 g/mol. The van der Waals surface area contributed by atoms with E-state index < -0.39 is 17.9 Å². The molecule has 1 aliphatic heterocycles. The summed E-state index contributed by atoms with van der Waals surface area (Å²) in [4.78, 5) is 52.6. The lowest BCUT2D eigenvalue weighted by atomic mass is 10.1. The Bertz CT molecular complexity index is 683. The maximum absolute atomic E-state index is 12.6. The molecule has 0 radical (unpaired) electrons. The van der Waals surface area contributed by atoms with Crippen LogP contribution < -0.4 is 0 Å². The van der Waals surface area contributed by atoms with Crippen molar-refractivity contribution in [2.24, 2.45) is 5.92 Å². The van der Waals surface area contributed by atoms with Crippen molar-refractivity contribution in [2.75, 3.05) is 46.0 Å². The van der Waals surface area contributed by atoms with E-state index in [1.165, 1.54) is 50.3 Å². The predicted molar refractivity (Wildman–Crippen MR) is 151 cm³/mol. The molecule has 1 saturated heterocycles. The first-order valence-corrected chi connectivity index (χ1v) is 15.2. The van der Waals surface area contributed by atoms with Crippen LogP contribution in [0.25, 0.3) is 0 Å². The lowest BCUT2D eigenvalue weighted by Crippen LogP contribution is -2.42. The molecule has 0 spiro atoms. The average molecular weight is 555 g/mol. The Morgan fingerprint density at radius 1 is 0.692 bits per heavy atom. The van der Waals surface area contributed by atoms with Crippen LogP contribution in [0.4, 0.5) is 0 Å². The first-order valence-electron chi connectivity index (χ1n) is 15.2. The normalized spacial score (nSPS) is 16.9. The van der Waals surface area contributed by atoms with Crippen LogP contribution >= 0.6 is 0 Å². The van der Waals surface area contributed by atoms with Crippen LogP contribution in [0.5, 0.6) is 0 Å². The number of hydrogen-bond acceptors (Lipinski definition) is 8. The molecule has 0 N–H and O–H groups in total. The van der Waals surface area contributed by atoms with Gasteiger partial charge < -0.3 is 19.1 Å². The third-order valence-corrected chi connectivity index (χ3v) is 7.04. The number of carbonyl (C=O) groups excluding carboxylic acids is 4. The van der Waals surface area contributed by atoms with Crippen LogP contribution in [0.2, 0.25) is 0 Å². The number of hydrogen-bond donors (Lipinski definition) is 0. The van der Waals surface area contributed by atoms with Gasteiger partial charge in [-0.1, -0.05) is 85.0 Å². The number of ether oxygens (including phenoxy) is 3. The molecule has 0 aromatic rings. The molecule has 39 heavy (non-hydrogen) atoms. The zero-order chi connectivity index (χ0) is 28.9. The molecule has 2 unspecified atom stereocenters. The molecule has 1 rings (SSSR count). The number of amides is 1. The Balaban J connectivity index is 2.51. The summed E-state index contributed by atoms with van der Waals surface area (Å²) in [5.41, 5.74) is 0. The molecule has 1 aliphatic rings. The molecule has 1 fully saturated rings. The molecule has 226 valence electrons. The van der Waals surface area contributed by atoms with Crippen molar-refractivity contribution in [1.82, 2.24) is 9.80 Å². The van der Waals surface area contributed by atoms with E-state index in [2.05, 4.69) is 20.8 Å². The number of carbonyl (C=O) groups is 4. The van der Waals surface area contributed by atoms with Gasteiger partial charge in [-0.05, 0) is 25.2 Å². The van der Waals surface area contributed by atoms with Gasteiger partial charge in [-0.3, -0.25) is 24.1 Å². The van der Waals surface area contributed by atoms with E-state index in [0.29, 0.717) is 25.7 Å². The number of nitrogens with zero attached hydrogens (tertiary/aromatic N) is 2. The van der Waals surface area contributed by atoms with Crippen molar-refractivity contribution < 1.29 is 33.4 Å². The Morgan fingerprint density at radius 3 is 1.59 bits per heavy atom. The number of unbranched alkanes of at least 4 members (excludes halogenated alkanes) is 10. The van der Waals surface area contributed by atoms with Crippen LogP contribution in [-0.2, 0) is 33.4 Å². The van der Waals surface area contributed by atoms with Gasteiger partial charge >= 0.3 is 17.9 Å². The van der Waals surface area contributed by atoms with E-state index in [-0.39, 0.29) is 38.2 Å². The molecule has 2 atom stereocenters. The van der Waals surface area contributed by atoms with Crippen molar-refractivity contribution in [3.63, 3.8) is 0 Å². The van der Waals surface area contributed by atoms with Crippen LogP contribution in [0.1, 0.15) is 111 Å². The second-order valence-corrected chi connectivity index (χ2v) is 11.0. The molecular formula is C30H54N2O7. The second-order valence-electron chi connectivity index (χ2n) is 11.0. The van der Waals surface area contributed by atoms with Crippen LogP contribution in [-0.4, -0.2) is 85.7 Å². The molecule has 0 saturated carbocycles. The van der Waals surface area contributed by atoms with Crippen molar-refractivity contribution in [3.8, 4) is 0 Å². The summed E-state index contributed by atoms with van der Waals surface area (Å²) in [5, 5.41) is 0. The lowest BCUT2D eigenvalue weighted by molar-refractivity contribution is -0.153. The first kappa shape index (κ1) is 34.9. The minimum atomic E-state index is -0.550. The maximum atomic E-state index is 12.6. The summed E-state index contributed by atoms with van der Waals surface area (Å²) >= 11 is 0. The van der Waals surface area contributed by atoms with Gasteiger partial charge in [-0.2, -0.15) is 0 Å². The van der Waals surface area contributed by atoms with Gasteiger partial charge in [0.2, 0.25) is 5.91 Å². The van der Waals surface area contributed by atoms with E-state index >= 15 is 0 Å². The van der Waals surface area contributed by atoms with Gasteiger partial charge in [-0.15, -0.1) is 0 Å². The summed E-state index contributed by atoms with van der Waals surface area (Å²) in [6.07, 6.45) is 13.8. The molecule has 1 amide bonds. The van der Waals surface area contributed by atoms with Gasteiger partial charge in [0.25, 0.3) is 0 Å². The minimum Gasteiger partial charge on any atom is -0.465 e. The highest BCUT2D eigenvalue weighted by atomic mass is 16.5. The van der Waals surface area contributed by atoms with Gasteiger partial charge in [0.1, 0.15) is 6.61 Å². The maximum Gasteiger partial charge on any atom is 0.320 e. The summed E-state index contributed by atoms with van der Waals surface area (Å²) in [7, 11) is 0. The van der Waals surface area contributed by atoms with Crippen LogP contribution in [0.15, 0.2) is 0 Å². The number of likely N-dealkylation sites (tertiary alicyclic amines) is 1. The zero-order valence-corrected chi connectivity index (χ0v) is 25.0. The van der Waals surface area contributed by atoms with E-state index in [9.17, 15) is 19.2 Å². The Morgan fingerprint density at radius 2 is 1.13 bits per heavy atom. The molecule has 0 bridgehead atoms. The first-order chi connectivity index (χ1) is 18.8. The summed E-state index contributed by atoms with van der Waals surface area (Å²) in [6, 6.07) is -0.153. The largest absolute Gasteiger partial charge is 0.465 e. The van der Waals surface area contributed by atoms with Gasteiger partial charge in [0.15, 0.2) is 0 Å². The molecule has 0 aromatic heterocycles. The molecule has 0 aliphatic carbocycles. The van der Waals surface area contributed by atoms with E-state index in [1.807, 2.05) is 0 Å². The third-order valence-electron chi connectivity index (χ3n) is 7.04. The zero-order valence-electron chi connectivity index (χ0n) is 25.0. The number of rotatable bonds is 22. The van der Waals surface area contributed by atoms with E-state index in [0.717, 1.165) is 44.9 Å². The SMILES string of the molecule is CCCCCCCCOC(=O)CN(CC(=O)OCCCCCCCC)CC(=O)OCC1CC(C)CN1C(C)=O. The Labute approximate surface area is 236 Å². The number of esters is 3. The highest BCUT2D eigenvalue weighted by Crippen LogP contribution is 2.23. The summed E-state index contributed by atoms with van der Waals surface area (Å²) < 4.78 is 16.2. The van der Waals surface area contributed by atoms with Crippen molar-refractivity contribution >= 4 is 23.8 Å². The van der Waals surface area contributed by atoms with Crippen molar-refractivity contribution in [2.45, 2.75) is 117 Å². The standard InChI is InChI=1S/C30H54N2O7/c1-5-7-9-11-13-15-17-37-28(34)21-31(22-29(35)38-18-16-14-12-10-8-6-2)23-30(36)39-24-27-19-25(3)20-32(27)26(4)33/h25,27H,5-24H2,1-4H3.